The van der Waals surface area contributed by atoms with Crippen LogP contribution in [0, 0.1) is 0 Å². The lowest BCUT2D eigenvalue weighted by atomic mass is 10.1. The average molecular weight is 495 g/mol. The van der Waals surface area contributed by atoms with Crippen molar-refractivity contribution in [2.24, 2.45) is 0 Å². The third kappa shape index (κ3) is 3.52. The molecule has 0 saturated heterocycles. The number of hydrogen-bond donors (Lipinski definition) is 0. The highest BCUT2D eigenvalue weighted by atomic mass is 16.3. The van der Waals surface area contributed by atoms with Gasteiger partial charge >= 0.3 is 5.65 Å². The highest BCUT2D eigenvalue weighted by molar-refractivity contribution is 6.09. The first kappa shape index (κ1) is 22.5. The van der Waals surface area contributed by atoms with Gasteiger partial charge in [-0.3, -0.25) is 0 Å². The Morgan fingerprint density at radius 2 is 1.39 bits per heavy atom. The van der Waals surface area contributed by atoms with Crippen LogP contribution in [0.25, 0.3) is 61.3 Å². The van der Waals surface area contributed by atoms with Crippen LogP contribution in [0.2, 0.25) is 0 Å². The van der Waals surface area contributed by atoms with E-state index in [9.17, 15) is 0 Å². The summed E-state index contributed by atoms with van der Waals surface area (Å²) in [4.78, 5) is 5.22. The zero-order valence-electron chi connectivity index (χ0n) is 21.7. The number of nitrogens with zero attached hydrogens (tertiary/aromatic N) is 3. The predicted octanol–water partition coefficient (Wildman–Crippen LogP) is 8.30. The Morgan fingerprint density at radius 3 is 2.18 bits per heavy atom. The van der Waals surface area contributed by atoms with E-state index in [4.69, 9.17) is 9.40 Å². The Balaban J connectivity index is 1.53. The Morgan fingerprint density at radius 1 is 0.684 bits per heavy atom. The van der Waals surface area contributed by atoms with Crippen LogP contribution in [-0.2, 0) is 5.54 Å². The van der Waals surface area contributed by atoms with Crippen LogP contribution in [0.4, 0.5) is 0 Å². The van der Waals surface area contributed by atoms with Crippen molar-refractivity contribution in [1.29, 1.82) is 0 Å². The minimum Gasteiger partial charge on any atom is -0.455 e. The first-order valence-electron chi connectivity index (χ1n) is 13.0. The zero-order valence-corrected chi connectivity index (χ0v) is 21.7. The summed E-state index contributed by atoms with van der Waals surface area (Å²) in [5.74, 6) is 0.862. The van der Waals surface area contributed by atoms with Gasteiger partial charge in [0, 0.05) is 10.8 Å². The minimum atomic E-state index is -0.135. The highest BCUT2D eigenvalue weighted by Crippen LogP contribution is 2.37. The van der Waals surface area contributed by atoms with Gasteiger partial charge in [-0.25, -0.2) is 9.55 Å². The molecule has 0 spiro atoms. The van der Waals surface area contributed by atoms with Crippen molar-refractivity contribution in [2.75, 3.05) is 0 Å². The molecule has 7 aromatic rings. The lowest BCUT2D eigenvalue weighted by molar-refractivity contribution is -0.732. The van der Waals surface area contributed by atoms with Crippen molar-refractivity contribution < 1.29 is 8.98 Å². The largest absolute Gasteiger partial charge is 0.455 e. The topological polar surface area (TPSA) is 34.8 Å². The molecular formula is C34H28N3O+. The monoisotopic (exact) mass is 494 g/mol. The molecule has 0 N–H and O–H groups in total. The average Bonchev–Trinajstić information content (AvgIpc) is 3.52. The smallest absolute Gasteiger partial charge is 0.315 e. The maximum atomic E-state index is 6.44. The Kier molecular flexibility index (Phi) is 4.98. The third-order valence-corrected chi connectivity index (χ3v) is 7.20. The first-order chi connectivity index (χ1) is 18.5. The number of fused-ring (bicyclic) bond motifs is 4. The highest BCUT2D eigenvalue weighted by Gasteiger charge is 2.31. The van der Waals surface area contributed by atoms with Gasteiger partial charge in [-0.2, -0.15) is 4.57 Å². The number of benzene rings is 4. The molecule has 0 saturated carbocycles. The van der Waals surface area contributed by atoms with Gasteiger partial charge in [-0.15, -0.1) is 0 Å². The Bertz CT molecular complexity index is 1940. The van der Waals surface area contributed by atoms with E-state index in [0.29, 0.717) is 0 Å². The Labute approximate surface area is 221 Å². The summed E-state index contributed by atoms with van der Waals surface area (Å²) in [5, 5.41) is 2.21. The quantitative estimate of drug-likeness (QED) is 0.232. The predicted molar refractivity (Wildman–Crippen MR) is 154 cm³/mol. The van der Waals surface area contributed by atoms with Crippen LogP contribution in [0.5, 0.6) is 0 Å². The number of imidazole rings is 1. The fraction of sp³-hybridized carbons (Fsp3) is 0.118. The summed E-state index contributed by atoms with van der Waals surface area (Å²) in [6.07, 6.45) is 2.14. The molecule has 184 valence electrons. The summed E-state index contributed by atoms with van der Waals surface area (Å²) in [5.41, 5.74) is 8.01. The number of para-hydroxylation sites is 2. The van der Waals surface area contributed by atoms with Gasteiger partial charge < -0.3 is 4.42 Å². The van der Waals surface area contributed by atoms with Gasteiger partial charge in [0.05, 0.1) is 11.8 Å². The normalized spacial score (nSPS) is 12.1. The van der Waals surface area contributed by atoms with Crippen molar-refractivity contribution in [1.82, 2.24) is 9.55 Å². The molecule has 0 bridgehead atoms. The molecule has 4 nitrogen and oxygen atoms in total. The Hall–Kier alpha value is -4.70. The van der Waals surface area contributed by atoms with Crippen LogP contribution in [0.1, 0.15) is 20.8 Å². The van der Waals surface area contributed by atoms with Gasteiger partial charge in [-0.1, -0.05) is 72.8 Å². The van der Waals surface area contributed by atoms with E-state index in [2.05, 4.69) is 127 Å². The standard InChI is InChI=1S/C34H28N3O/c1-34(2,3)36-22-10-16-29-33(36)37(25-20-18-24(19-21-25)23-11-5-4-6-12-23)32(35-29)28-15-9-14-27-26-13-7-8-17-30(26)38-31(27)28/h4-22H,1-3H3/q+1. The second kappa shape index (κ2) is 8.42. The van der Waals surface area contributed by atoms with Gasteiger partial charge in [0.2, 0.25) is 5.82 Å². The third-order valence-electron chi connectivity index (χ3n) is 7.20. The lowest BCUT2D eigenvalue weighted by Gasteiger charge is -2.18. The molecule has 0 unspecified atom stereocenters. The van der Waals surface area contributed by atoms with Crippen molar-refractivity contribution >= 4 is 33.1 Å². The molecule has 0 fully saturated rings. The molecule has 0 radical (unpaired) electrons. The maximum absolute atomic E-state index is 6.44. The van der Waals surface area contributed by atoms with Crippen molar-refractivity contribution in [3.05, 3.63) is 115 Å². The van der Waals surface area contributed by atoms with E-state index >= 15 is 0 Å². The van der Waals surface area contributed by atoms with Gasteiger partial charge in [0.25, 0.3) is 0 Å². The van der Waals surface area contributed by atoms with Gasteiger partial charge in [0.1, 0.15) is 22.4 Å². The number of aromatic nitrogens is 3. The van der Waals surface area contributed by atoms with Gasteiger partial charge in [-0.05, 0) is 68.3 Å². The number of rotatable bonds is 3. The lowest BCUT2D eigenvalue weighted by Crippen LogP contribution is -2.51. The minimum absolute atomic E-state index is 0.135. The molecule has 0 atom stereocenters. The molecule has 0 aliphatic heterocycles. The molecule has 4 heteroatoms. The van der Waals surface area contributed by atoms with Crippen LogP contribution >= 0.6 is 0 Å². The van der Waals surface area contributed by atoms with Crippen molar-refractivity contribution in [2.45, 2.75) is 26.3 Å². The zero-order chi connectivity index (χ0) is 25.9. The van der Waals surface area contributed by atoms with Crippen LogP contribution in [0.15, 0.2) is 120 Å². The molecule has 3 aromatic heterocycles. The fourth-order valence-electron chi connectivity index (χ4n) is 5.39. The molecular weight excluding hydrogens is 466 g/mol. The van der Waals surface area contributed by atoms with Crippen molar-refractivity contribution in [3.8, 4) is 28.2 Å². The molecule has 38 heavy (non-hydrogen) atoms. The number of hydrogen-bond acceptors (Lipinski definition) is 2. The second-order valence-corrected chi connectivity index (χ2v) is 10.7. The van der Waals surface area contributed by atoms with E-state index in [-0.39, 0.29) is 5.54 Å². The van der Waals surface area contributed by atoms with E-state index in [1.54, 1.807) is 0 Å². The van der Waals surface area contributed by atoms with Crippen LogP contribution in [-0.4, -0.2) is 9.55 Å². The molecule has 0 aliphatic rings. The molecule has 0 amide bonds. The second-order valence-electron chi connectivity index (χ2n) is 10.7. The number of pyridine rings is 1. The van der Waals surface area contributed by atoms with E-state index in [0.717, 1.165) is 50.2 Å². The molecule has 0 aliphatic carbocycles. The molecule has 3 heterocycles. The first-order valence-corrected chi connectivity index (χ1v) is 13.0. The van der Waals surface area contributed by atoms with Crippen molar-refractivity contribution in [3.63, 3.8) is 0 Å². The maximum Gasteiger partial charge on any atom is 0.315 e. The summed E-state index contributed by atoms with van der Waals surface area (Å²) in [6, 6.07) is 37.9. The van der Waals surface area contributed by atoms with Gasteiger partial charge in [0.15, 0.2) is 5.52 Å². The molecule has 7 rings (SSSR count). The summed E-state index contributed by atoms with van der Waals surface area (Å²) < 4.78 is 11.0. The number of furan rings is 1. The molecule has 4 aromatic carbocycles. The van der Waals surface area contributed by atoms with E-state index < -0.39 is 0 Å². The summed E-state index contributed by atoms with van der Waals surface area (Å²) >= 11 is 0. The van der Waals surface area contributed by atoms with Crippen LogP contribution in [0.3, 0.4) is 0 Å². The summed E-state index contributed by atoms with van der Waals surface area (Å²) in [6.45, 7) is 6.67. The van der Waals surface area contributed by atoms with E-state index in [1.807, 2.05) is 18.2 Å². The van der Waals surface area contributed by atoms with Crippen LogP contribution < -0.4 is 4.57 Å². The summed E-state index contributed by atoms with van der Waals surface area (Å²) in [7, 11) is 0. The fourth-order valence-corrected chi connectivity index (χ4v) is 5.39. The SMILES string of the molecule is CC(C)(C)[n+]1cccc2nc(-c3cccc4c3oc3ccccc34)n(-c3ccc(-c4ccccc4)cc3)c21. The van der Waals surface area contributed by atoms with E-state index in [1.165, 1.54) is 11.1 Å².